The lowest BCUT2D eigenvalue weighted by molar-refractivity contribution is -0.142. The lowest BCUT2D eigenvalue weighted by Crippen LogP contribution is -2.44. The van der Waals surface area contributed by atoms with Crippen molar-refractivity contribution >= 4 is 29.9 Å². The Morgan fingerprint density at radius 1 is 1.26 bits per heavy atom. The summed E-state index contributed by atoms with van der Waals surface area (Å²) in [5.74, 6) is 1.33. The zero-order valence-electron chi connectivity index (χ0n) is 17.8. The van der Waals surface area contributed by atoms with Gasteiger partial charge >= 0.3 is 6.18 Å². The van der Waals surface area contributed by atoms with Crippen LogP contribution in [0.2, 0.25) is 0 Å². The fourth-order valence-electron chi connectivity index (χ4n) is 3.71. The van der Waals surface area contributed by atoms with Crippen LogP contribution in [0.5, 0.6) is 0 Å². The van der Waals surface area contributed by atoms with Crippen LogP contribution in [0.1, 0.15) is 49.2 Å². The Bertz CT molecular complexity index is 815. The molecular weight excluding hydrogens is 524 g/mol. The van der Waals surface area contributed by atoms with Crippen LogP contribution in [0.4, 0.5) is 13.2 Å². The number of halogens is 4. The molecule has 0 radical (unpaired) electrons. The second-order valence-corrected chi connectivity index (χ2v) is 7.38. The molecule has 1 aliphatic heterocycles. The molecule has 0 aliphatic carbocycles. The maximum Gasteiger partial charge on any atom is 0.435 e. The van der Waals surface area contributed by atoms with E-state index in [2.05, 4.69) is 25.6 Å². The van der Waals surface area contributed by atoms with Gasteiger partial charge in [0.15, 0.2) is 11.7 Å². The van der Waals surface area contributed by atoms with Gasteiger partial charge in [0, 0.05) is 31.9 Å². The number of alkyl halides is 3. The van der Waals surface area contributed by atoms with Gasteiger partial charge < -0.3 is 15.1 Å². The molecule has 174 valence electrons. The maximum absolute atomic E-state index is 13.2. The Balaban J connectivity index is 0.00000341. The van der Waals surface area contributed by atoms with Gasteiger partial charge in [0.1, 0.15) is 5.76 Å². The third-order valence-electron chi connectivity index (χ3n) is 5.09. The molecule has 1 fully saturated rings. The number of nitrogens with one attached hydrogen (secondary N) is 2. The first kappa shape index (κ1) is 25.5. The van der Waals surface area contributed by atoms with E-state index in [1.165, 1.54) is 19.7 Å². The van der Waals surface area contributed by atoms with E-state index in [9.17, 15) is 13.2 Å². The highest BCUT2D eigenvalue weighted by molar-refractivity contribution is 14.0. The van der Waals surface area contributed by atoms with Gasteiger partial charge in [-0.15, -0.1) is 24.0 Å². The maximum atomic E-state index is 13.2. The van der Waals surface area contributed by atoms with Crippen molar-refractivity contribution in [2.24, 2.45) is 12.0 Å². The summed E-state index contributed by atoms with van der Waals surface area (Å²) >= 11 is 0. The van der Waals surface area contributed by atoms with E-state index in [0.29, 0.717) is 19.0 Å². The van der Waals surface area contributed by atoms with Crippen LogP contribution in [0.25, 0.3) is 0 Å². The van der Waals surface area contributed by atoms with Crippen LogP contribution in [-0.2, 0) is 19.8 Å². The van der Waals surface area contributed by atoms with E-state index in [-0.39, 0.29) is 42.1 Å². The number of hydrogen-bond donors (Lipinski definition) is 2. The van der Waals surface area contributed by atoms with E-state index in [1.54, 1.807) is 6.26 Å². The summed E-state index contributed by atoms with van der Waals surface area (Å²) in [6.07, 6.45) is 2.03. The van der Waals surface area contributed by atoms with Crippen LogP contribution in [0.3, 0.4) is 0 Å². The Morgan fingerprint density at radius 2 is 2.00 bits per heavy atom. The number of piperidine rings is 1. The number of rotatable bonds is 7. The van der Waals surface area contributed by atoms with Crippen LogP contribution in [0, 0.1) is 0 Å². The predicted octanol–water partition coefficient (Wildman–Crippen LogP) is 3.93. The number of nitrogens with zero attached hydrogens (tertiary/aromatic N) is 4. The molecule has 2 N–H and O–H groups in total. The third-order valence-corrected chi connectivity index (χ3v) is 5.09. The monoisotopic (exact) mass is 554 g/mol. The van der Waals surface area contributed by atoms with E-state index >= 15 is 0 Å². The molecule has 0 spiro atoms. The van der Waals surface area contributed by atoms with Crippen molar-refractivity contribution in [2.45, 2.75) is 44.9 Å². The second-order valence-electron chi connectivity index (χ2n) is 7.38. The van der Waals surface area contributed by atoms with Crippen molar-refractivity contribution in [3.05, 3.63) is 41.6 Å². The minimum Gasteiger partial charge on any atom is -0.468 e. The molecule has 1 aliphatic rings. The Labute approximate surface area is 197 Å². The molecule has 0 bridgehead atoms. The number of furan rings is 1. The van der Waals surface area contributed by atoms with Crippen LogP contribution in [-0.4, -0.2) is 46.8 Å². The summed E-state index contributed by atoms with van der Waals surface area (Å²) in [5, 5.41) is 9.91. The Kier molecular flexibility index (Phi) is 9.66. The number of aryl methyl sites for hydroxylation is 1. The number of likely N-dealkylation sites (tertiary alicyclic amines) is 1. The molecule has 3 rings (SSSR count). The zero-order chi connectivity index (χ0) is 21.6. The van der Waals surface area contributed by atoms with Crippen molar-refractivity contribution in [3.8, 4) is 0 Å². The average molecular weight is 554 g/mol. The van der Waals surface area contributed by atoms with E-state index < -0.39 is 11.9 Å². The second kappa shape index (κ2) is 11.7. The first-order valence-electron chi connectivity index (χ1n) is 10.3. The summed E-state index contributed by atoms with van der Waals surface area (Å²) in [7, 11) is 1.47. The average Bonchev–Trinajstić information content (AvgIpc) is 3.36. The number of hydrogen-bond acceptors (Lipinski definition) is 4. The van der Waals surface area contributed by atoms with Gasteiger partial charge in [0.25, 0.3) is 0 Å². The molecule has 0 saturated carbocycles. The summed E-state index contributed by atoms with van der Waals surface area (Å²) in [5.41, 5.74) is -0.854. The number of aliphatic imine (C=N–C) groups is 1. The molecule has 3 heterocycles. The van der Waals surface area contributed by atoms with E-state index in [1.807, 2.05) is 19.1 Å². The lowest BCUT2D eigenvalue weighted by atomic mass is 10.1. The van der Waals surface area contributed by atoms with E-state index in [0.717, 1.165) is 36.4 Å². The zero-order valence-corrected chi connectivity index (χ0v) is 20.1. The molecule has 0 amide bonds. The largest absolute Gasteiger partial charge is 0.468 e. The fourth-order valence-corrected chi connectivity index (χ4v) is 3.71. The minimum absolute atomic E-state index is 0. The molecular formula is C20H30F3IN6O. The first-order valence-corrected chi connectivity index (χ1v) is 10.3. The normalized spacial score (nSPS) is 16.6. The molecule has 11 heteroatoms. The van der Waals surface area contributed by atoms with Gasteiger partial charge in [0.05, 0.1) is 18.8 Å². The molecule has 1 atom stereocenters. The smallest absolute Gasteiger partial charge is 0.435 e. The summed E-state index contributed by atoms with van der Waals surface area (Å²) in [4.78, 5) is 6.74. The van der Waals surface area contributed by atoms with Gasteiger partial charge in [-0.2, -0.15) is 18.3 Å². The number of aromatic nitrogens is 2. The van der Waals surface area contributed by atoms with Gasteiger partial charge in [-0.25, -0.2) is 4.99 Å². The molecule has 2 aromatic heterocycles. The van der Waals surface area contributed by atoms with Crippen molar-refractivity contribution in [1.82, 2.24) is 25.3 Å². The summed E-state index contributed by atoms with van der Waals surface area (Å²) in [6.45, 7) is 4.92. The highest BCUT2D eigenvalue weighted by atomic mass is 127. The molecule has 2 aromatic rings. The van der Waals surface area contributed by atoms with E-state index in [4.69, 9.17) is 4.42 Å². The van der Waals surface area contributed by atoms with Gasteiger partial charge in [-0.05, 0) is 45.0 Å². The van der Waals surface area contributed by atoms with Crippen LogP contribution >= 0.6 is 24.0 Å². The topological polar surface area (TPSA) is 70.6 Å². The van der Waals surface area contributed by atoms with Gasteiger partial charge in [0.2, 0.25) is 0 Å². The SMILES string of the molecule is CCNC(=NCc1cn(C)nc1C(F)(F)F)NCC(c1ccco1)N1CCCCC1.I. The van der Waals surface area contributed by atoms with Gasteiger partial charge in [-0.3, -0.25) is 9.58 Å². The molecule has 1 saturated heterocycles. The van der Waals surface area contributed by atoms with Crippen LogP contribution < -0.4 is 10.6 Å². The van der Waals surface area contributed by atoms with Crippen molar-refractivity contribution in [2.75, 3.05) is 26.2 Å². The summed E-state index contributed by atoms with van der Waals surface area (Å²) < 4.78 is 46.4. The molecule has 0 aromatic carbocycles. The molecule has 7 nitrogen and oxygen atoms in total. The van der Waals surface area contributed by atoms with Crippen LogP contribution in [0.15, 0.2) is 34.0 Å². The first-order chi connectivity index (χ1) is 14.4. The quantitative estimate of drug-likeness (QED) is 0.309. The fraction of sp³-hybridized carbons (Fsp3) is 0.600. The Morgan fingerprint density at radius 3 is 2.61 bits per heavy atom. The van der Waals surface area contributed by atoms with Crippen molar-refractivity contribution < 1.29 is 17.6 Å². The summed E-state index contributed by atoms with van der Waals surface area (Å²) in [6, 6.07) is 3.86. The number of guanidine groups is 1. The Hall–Kier alpha value is -1.76. The standard InChI is InChI=1S/C20H29F3N6O.HI/c1-3-24-19(25-12-15-14-28(2)27-18(15)20(21,22)23)26-13-16(17-8-7-11-30-17)29-9-5-4-6-10-29;/h7-8,11,14,16H,3-6,9-10,12-13H2,1-2H3,(H2,24,25,26);1H. The third kappa shape index (κ3) is 7.13. The highest BCUT2D eigenvalue weighted by Gasteiger charge is 2.36. The van der Waals surface area contributed by atoms with Gasteiger partial charge in [-0.1, -0.05) is 6.42 Å². The molecule has 31 heavy (non-hydrogen) atoms. The minimum atomic E-state index is -4.50. The van der Waals surface area contributed by atoms with Crippen molar-refractivity contribution in [3.63, 3.8) is 0 Å². The molecule has 1 unspecified atom stereocenters. The lowest BCUT2D eigenvalue weighted by Gasteiger charge is -2.33. The predicted molar refractivity (Wildman–Crippen MR) is 123 cm³/mol. The highest BCUT2D eigenvalue weighted by Crippen LogP contribution is 2.31. The van der Waals surface area contributed by atoms with Crippen molar-refractivity contribution in [1.29, 1.82) is 0 Å².